The third kappa shape index (κ3) is 2.52. The minimum atomic E-state index is -3.04. The van der Waals surface area contributed by atoms with Gasteiger partial charge in [0.05, 0.1) is 18.5 Å². The van der Waals surface area contributed by atoms with Gasteiger partial charge < -0.3 is 0 Å². The predicted molar refractivity (Wildman–Crippen MR) is 66.4 cm³/mol. The van der Waals surface area contributed by atoms with Crippen LogP contribution >= 0.6 is 0 Å². The fourth-order valence-electron chi connectivity index (χ4n) is 1.78. The first-order valence-electron chi connectivity index (χ1n) is 5.68. The number of hydrogen-bond donors (Lipinski definition) is 0. The molecule has 1 aliphatic rings. The van der Waals surface area contributed by atoms with Gasteiger partial charge in [-0.05, 0) is 11.0 Å². The first kappa shape index (κ1) is 12.6. The van der Waals surface area contributed by atoms with Crippen LogP contribution in [-0.2, 0) is 15.4 Å². The highest BCUT2D eigenvalue weighted by Crippen LogP contribution is 2.26. The maximum Gasteiger partial charge on any atom is 0.211 e. The molecule has 0 aromatic carbocycles. The summed E-state index contributed by atoms with van der Waals surface area (Å²) in [5.74, 6) is 0. The molecule has 5 nitrogen and oxygen atoms in total. The Morgan fingerprint density at radius 1 is 1.35 bits per heavy atom. The fraction of sp³-hybridized carbons (Fsp3) is 0.727. The molecule has 2 heterocycles. The first-order chi connectivity index (χ1) is 7.68. The van der Waals surface area contributed by atoms with Gasteiger partial charge in [0.15, 0.2) is 0 Å². The van der Waals surface area contributed by atoms with Crippen molar-refractivity contribution in [3.05, 3.63) is 18.0 Å². The predicted octanol–water partition coefficient (Wildman–Crippen LogP) is 0.997. The van der Waals surface area contributed by atoms with Crippen LogP contribution in [-0.4, -0.2) is 41.8 Å². The van der Waals surface area contributed by atoms with E-state index in [9.17, 15) is 8.42 Å². The molecule has 0 aliphatic carbocycles. The fourth-order valence-corrected chi connectivity index (χ4v) is 2.67. The topological polar surface area (TPSA) is 55.2 Å². The Labute approximate surface area is 102 Å². The molecule has 0 bridgehead atoms. The van der Waals surface area contributed by atoms with Crippen molar-refractivity contribution in [3.8, 4) is 0 Å². The molecular weight excluding hydrogens is 238 g/mol. The molecule has 1 fully saturated rings. The van der Waals surface area contributed by atoms with E-state index < -0.39 is 10.0 Å². The molecule has 96 valence electrons. The molecule has 17 heavy (non-hydrogen) atoms. The van der Waals surface area contributed by atoms with Crippen LogP contribution < -0.4 is 0 Å². The lowest BCUT2D eigenvalue weighted by atomic mass is 9.90. The largest absolute Gasteiger partial charge is 0.267 e. The van der Waals surface area contributed by atoms with Crippen LogP contribution in [0.2, 0.25) is 0 Å². The van der Waals surface area contributed by atoms with Crippen LogP contribution in [0.5, 0.6) is 0 Å². The number of hydrogen-bond acceptors (Lipinski definition) is 3. The monoisotopic (exact) mass is 257 g/mol. The standard InChI is InChI=1S/C11H19N3O2S/c1-11(2,3)9-5-12-14(6-9)10-7-13(8-10)17(4,15)16/h5-6,10H,7-8H2,1-4H3. The van der Waals surface area contributed by atoms with Gasteiger partial charge in [0.1, 0.15) is 0 Å². The molecule has 0 unspecified atom stereocenters. The van der Waals surface area contributed by atoms with Crippen LogP contribution in [0.15, 0.2) is 12.4 Å². The third-order valence-electron chi connectivity index (χ3n) is 3.14. The van der Waals surface area contributed by atoms with E-state index in [1.165, 1.54) is 16.1 Å². The summed E-state index contributed by atoms with van der Waals surface area (Å²) in [6.45, 7) is 7.47. The minimum Gasteiger partial charge on any atom is -0.267 e. The Hall–Kier alpha value is -0.880. The highest BCUT2D eigenvalue weighted by atomic mass is 32.2. The van der Waals surface area contributed by atoms with Crippen molar-refractivity contribution in [3.63, 3.8) is 0 Å². The van der Waals surface area contributed by atoms with Gasteiger partial charge in [-0.15, -0.1) is 0 Å². The Morgan fingerprint density at radius 2 is 1.94 bits per heavy atom. The third-order valence-corrected chi connectivity index (χ3v) is 4.38. The van der Waals surface area contributed by atoms with E-state index in [0.29, 0.717) is 13.1 Å². The van der Waals surface area contributed by atoms with Crippen molar-refractivity contribution in [1.82, 2.24) is 14.1 Å². The molecule has 6 heteroatoms. The van der Waals surface area contributed by atoms with Gasteiger partial charge in [-0.1, -0.05) is 20.8 Å². The number of aromatic nitrogens is 2. The summed E-state index contributed by atoms with van der Waals surface area (Å²) >= 11 is 0. The zero-order valence-corrected chi connectivity index (χ0v) is 11.5. The molecular formula is C11H19N3O2S. The summed E-state index contributed by atoms with van der Waals surface area (Å²) in [5.41, 5.74) is 1.26. The van der Waals surface area contributed by atoms with E-state index in [2.05, 4.69) is 25.9 Å². The molecule has 2 rings (SSSR count). The molecule has 0 atom stereocenters. The molecule has 0 amide bonds. The van der Waals surface area contributed by atoms with E-state index in [-0.39, 0.29) is 11.5 Å². The number of rotatable bonds is 2. The van der Waals surface area contributed by atoms with Gasteiger partial charge in [0.2, 0.25) is 10.0 Å². The average molecular weight is 257 g/mol. The van der Waals surface area contributed by atoms with Crippen LogP contribution in [0.4, 0.5) is 0 Å². The van der Waals surface area contributed by atoms with Gasteiger partial charge in [0.25, 0.3) is 0 Å². The van der Waals surface area contributed by atoms with Crippen molar-refractivity contribution in [2.24, 2.45) is 0 Å². The summed E-state index contributed by atoms with van der Waals surface area (Å²) < 4.78 is 25.8. The molecule has 1 saturated heterocycles. The van der Waals surface area contributed by atoms with Crippen LogP contribution in [0.3, 0.4) is 0 Å². The first-order valence-corrected chi connectivity index (χ1v) is 7.52. The van der Waals surface area contributed by atoms with Gasteiger partial charge in [0, 0.05) is 19.3 Å². The Balaban J connectivity index is 2.05. The summed E-state index contributed by atoms with van der Waals surface area (Å²) in [4.78, 5) is 0. The summed E-state index contributed by atoms with van der Waals surface area (Å²) in [7, 11) is -3.04. The van der Waals surface area contributed by atoms with Crippen molar-refractivity contribution < 1.29 is 8.42 Å². The lowest BCUT2D eigenvalue weighted by molar-refractivity contribution is 0.192. The Kier molecular flexibility index (Phi) is 2.82. The van der Waals surface area contributed by atoms with E-state index in [4.69, 9.17) is 0 Å². The molecule has 1 aromatic rings. The van der Waals surface area contributed by atoms with Gasteiger partial charge in [-0.2, -0.15) is 9.40 Å². The van der Waals surface area contributed by atoms with E-state index >= 15 is 0 Å². The zero-order chi connectivity index (χ0) is 12.8. The lowest BCUT2D eigenvalue weighted by Crippen LogP contribution is -2.50. The molecule has 0 spiro atoms. The summed E-state index contributed by atoms with van der Waals surface area (Å²) in [6.07, 6.45) is 5.13. The molecule has 0 N–H and O–H groups in total. The number of nitrogens with zero attached hydrogens (tertiary/aromatic N) is 3. The molecule has 0 radical (unpaired) electrons. The quantitative estimate of drug-likeness (QED) is 0.794. The SMILES string of the molecule is CC(C)(C)c1cnn(C2CN(S(C)(=O)=O)C2)c1. The highest BCUT2D eigenvalue weighted by molar-refractivity contribution is 7.88. The van der Waals surface area contributed by atoms with Gasteiger partial charge in [-0.3, -0.25) is 4.68 Å². The molecule has 0 saturated carbocycles. The maximum atomic E-state index is 11.3. The zero-order valence-electron chi connectivity index (χ0n) is 10.7. The van der Waals surface area contributed by atoms with Gasteiger partial charge in [-0.25, -0.2) is 8.42 Å². The Morgan fingerprint density at radius 3 is 2.35 bits per heavy atom. The second kappa shape index (κ2) is 3.81. The summed E-state index contributed by atoms with van der Waals surface area (Å²) in [5, 5.41) is 4.32. The number of sulfonamides is 1. The normalized spacial score (nSPS) is 19.3. The van der Waals surface area contributed by atoms with Crippen LogP contribution in [0, 0.1) is 0 Å². The molecule has 1 aliphatic heterocycles. The minimum absolute atomic E-state index is 0.0819. The second-order valence-corrected chi connectivity index (χ2v) is 7.68. The van der Waals surface area contributed by atoms with E-state index in [0.717, 1.165) is 0 Å². The molecule has 1 aromatic heterocycles. The van der Waals surface area contributed by atoms with Crippen molar-refractivity contribution in [2.45, 2.75) is 32.2 Å². The van der Waals surface area contributed by atoms with Crippen molar-refractivity contribution in [1.29, 1.82) is 0 Å². The van der Waals surface area contributed by atoms with E-state index in [1.54, 1.807) is 0 Å². The van der Waals surface area contributed by atoms with Crippen molar-refractivity contribution >= 4 is 10.0 Å². The Bertz CT molecular complexity index is 507. The van der Waals surface area contributed by atoms with E-state index in [1.807, 2.05) is 17.1 Å². The van der Waals surface area contributed by atoms with Crippen molar-refractivity contribution in [2.75, 3.05) is 19.3 Å². The summed E-state index contributed by atoms with van der Waals surface area (Å²) in [6, 6.07) is 0.181. The average Bonchev–Trinajstić information content (AvgIpc) is 2.45. The van der Waals surface area contributed by atoms with Gasteiger partial charge >= 0.3 is 0 Å². The van der Waals surface area contributed by atoms with Crippen LogP contribution in [0.25, 0.3) is 0 Å². The highest BCUT2D eigenvalue weighted by Gasteiger charge is 2.35. The lowest BCUT2D eigenvalue weighted by Gasteiger charge is -2.37. The van der Waals surface area contributed by atoms with Crippen LogP contribution in [0.1, 0.15) is 32.4 Å². The smallest absolute Gasteiger partial charge is 0.211 e. The second-order valence-electron chi connectivity index (χ2n) is 5.69. The maximum absolute atomic E-state index is 11.3.